The summed E-state index contributed by atoms with van der Waals surface area (Å²) in [6, 6.07) is 14.6. The Morgan fingerprint density at radius 2 is 1.70 bits per heavy atom. The largest absolute Gasteiger partial charge is 0.420 e. The Bertz CT molecular complexity index is 824. The van der Waals surface area contributed by atoms with E-state index in [9.17, 15) is 0 Å². The Morgan fingerprint density at radius 1 is 0.913 bits per heavy atom. The molecule has 0 bridgehead atoms. The number of hydrogen-bond donors (Lipinski definition) is 0. The summed E-state index contributed by atoms with van der Waals surface area (Å²) in [6.45, 7) is 0. The molecule has 2 aromatic carbocycles. The first kappa shape index (κ1) is 14.6. The van der Waals surface area contributed by atoms with Gasteiger partial charge >= 0.3 is 0 Å². The highest BCUT2D eigenvalue weighted by Crippen LogP contribution is 2.24. The third-order valence-corrected chi connectivity index (χ3v) is 4.85. The van der Waals surface area contributed by atoms with E-state index in [1.54, 1.807) is 0 Å². The molecular formula is C19H17BrN2O. The minimum Gasteiger partial charge on any atom is -0.420 e. The van der Waals surface area contributed by atoms with Crippen molar-refractivity contribution >= 4 is 15.9 Å². The van der Waals surface area contributed by atoms with Gasteiger partial charge in [0.05, 0.1) is 6.42 Å². The van der Waals surface area contributed by atoms with Crippen molar-refractivity contribution in [1.29, 1.82) is 0 Å². The Hall–Kier alpha value is -1.94. The van der Waals surface area contributed by atoms with Crippen LogP contribution in [0.1, 0.15) is 35.4 Å². The Morgan fingerprint density at radius 3 is 2.52 bits per heavy atom. The molecule has 0 spiro atoms. The van der Waals surface area contributed by atoms with Crippen LogP contribution in [-0.2, 0) is 19.3 Å². The number of aromatic nitrogens is 2. The van der Waals surface area contributed by atoms with Gasteiger partial charge in [-0.3, -0.25) is 0 Å². The molecule has 0 amide bonds. The van der Waals surface area contributed by atoms with Gasteiger partial charge in [0.2, 0.25) is 11.8 Å². The summed E-state index contributed by atoms with van der Waals surface area (Å²) < 4.78 is 6.86. The lowest BCUT2D eigenvalue weighted by Crippen LogP contribution is -2.03. The standard InChI is InChI=1S/C19H17BrN2O/c20-17-9-7-15(8-10-17)19-22-21-18(23-19)12-13-5-6-14-3-1-2-4-16(14)11-13/h5-11H,1-4,12H2. The number of aryl methyl sites for hydroxylation is 2. The van der Waals surface area contributed by atoms with Crippen molar-refractivity contribution in [2.24, 2.45) is 0 Å². The highest BCUT2D eigenvalue weighted by Gasteiger charge is 2.12. The third kappa shape index (κ3) is 3.22. The Labute approximate surface area is 143 Å². The summed E-state index contributed by atoms with van der Waals surface area (Å²) in [7, 11) is 0. The molecule has 0 saturated heterocycles. The summed E-state index contributed by atoms with van der Waals surface area (Å²) in [5.41, 5.74) is 5.18. The zero-order chi connectivity index (χ0) is 15.6. The molecule has 1 aromatic heterocycles. The fraction of sp³-hybridized carbons (Fsp3) is 0.263. The van der Waals surface area contributed by atoms with Crippen LogP contribution in [0.15, 0.2) is 51.4 Å². The maximum atomic E-state index is 5.82. The molecule has 0 unspecified atom stereocenters. The highest BCUT2D eigenvalue weighted by molar-refractivity contribution is 9.10. The van der Waals surface area contributed by atoms with E-state index in [0.29, 0.717) is 18.2 Å². The fourth-order valence-electron chi connectivity index (χ4n) is 3.11. The lowest BCUT2D eigenvalue weighted by Gasteiger charge is -2.16. The van der Waals surface area contributed by atoms with Gasteiger partial charge in [-0.15, -0.1) is 10.2 Å². The predicted molar refractivity (Wildman–Crippen MR) is 93.3 cm³/mol. The molecular weight excluding hydrogens is 352 g/mol. The number of rotatable bonds is 3. The summed E-state index contributed by atoms with van der Waals surface area (Å²) in [6.07, 6.45) is 5.70. The number of fused-ring (bicyclic) bond motifs is 1. The summed E-state index contributed by atoms with van der Waals surface area (Å²) >= 11 is 3.43. The molecule has 4 heteroatoms. The molecule has 0 saturated carbocycles. The average Bonchev–Trinajstić information content (AvgIpc) is 3.04. The van der Waals surface area contributed by atoms with E-state index in [0.717, 1.165) is 10.0 Å². The monoisotopic (exact) mass is 368 g/mol. The molecule has 3 aromatic rings. The molecule has 1 aliphatic rings. The van der Waals surface area contributed by atoms with E-state index in [-0.39, 0.29) is 0 Å². The van der Waals surface area contributed by atoms with Crippen molar-refractivity contribution in [3.63, 3.8) is 0 Å². The zero-order valence-corrected chi connectivity index (χ0v) is 14.3. The molecule has 0 aliphatic heterocycles. The van der Waals surface area contributed by atoms with Gasteiger partial charge in [-0.2, -0.15) is 0 Å². The topological polar surface area (TPSA) is 38.9 Å². The molecule has 0 atom stereocenters. The van der Waals surface area contributed by atoms with E-state index < -0.39 is 0 Å². The second-order valence-corrected chi connectivity index (χ2v) is 6.91. The SMILES string of the molecule is Brc1ccc(-c2nnc(Cc3ccc4c(c3)CCCC4)o2)cc1. The minimum absolute atomic E-state index is 0.575. The quantitative estimate of drug-likeness (QED) is 0.654. The van der Waals surface area contributed by atoms with Crippen LogP contribution < -0.4 is 0 Å². The molecule has 3 nitrogen and oxygen atoms in total. The van der Waals surface area contributed by atoms with Gasteiger partial charge in [0, 0.05) is 10.0 Å². The van der Waals surface area contributed by atoms with Crippen LogP contribution in [0.2, 0.25) is 0 Å². The maximum absolute atomic E-state index is 5.82. The van der Waals surface area contributed by atoms with Crippen molar-refractivity contribution in [3.05, 3.63) is 69.5 Å². The van der Waals surface area contributed by atoms with E-state index in [1.165, 1.54) is 42.4 Å². The molecule has 116 valence electrons. The molecule has 4 rings (SSSR count). The third-order valence-electron chi connectivity index (χ3n) is 4.33. The van der Waals surface area contributed by atoms with Gasteiger partial charge in [-0.1, -0.05) is 34.1 Å². The van der Waals surface area contributed by atoms with Crippen LogP contribution >= 0.6 is 15.9 Å². The normalized spacial score (nSPS) is 13.8. The molecule has 0 N–H and O–H groups in total. The van der Waals surface area contributed by atoms with Crippen molar-refractivity contribution in [2.75, 3.05) is 0 Å². The van der Waals surface area contributed by atoms with Crippen molar-refractivity contribution < 1.29 is 4.42 Å². The van der Waals surface area contributed by atoms with Crippen molar-refractivity contribution in [2.45, 2.75) is 32.1 Å². The van der Waals surface area contributed by atoms with Crippen LogP contribution in [0.4, 0.5) is 0 Å². The first-order valence-corrected chi connectivity index (χ1v) is 8.76. The molecule has 1 aliphatic carbocycles. The van der Waals surface area contributed by atoms with E-state index >= 15 is 0 Å². The Balaban J connectivity index is 1.54. The Kier molecular flexibility index (Phi) is 4.00. The number of nitrogens with zero attached hydrogens (tertiary/aromatic N) is 2. The van der Waals surface area contributed by atoms with Gasteiger partial charge < -0.3 is 4.42 Å². The van der Waals surface area contributed by atoms with Gasteiger partial charge in [0.15, 0.2) is 0 Å². The van der Waals surface area contributed by atoms with E-state index in [4.69, 9.17) is 4.42 Å². The zero-order valence-electron chi connectivity index (χ0n) is 12.8. The van der Waals surface area contributed by atoms with E-state index in [1.807, 2.05) is 24.3 Å². The minimum atomic E-state index is 0.575. The predicted octanol–water partition coefficient (Wildman–Crippen LogP) is 4.97. The molecule has 0 radical (unpaired) electrons. The van der Waals surface area contributed by atoms with Gasteiger partial charge in [0.1, 0.15) is 0 Å². The van der Waals surface area contributed by atoms with E-state index in [2.05, 4.69) is 44.3 Å². The van der Waals surface area contributed by atoms with Gasteiger partial charge in [-0.25, -0.2) is 0 Å². The maximum Gasteiger partial charge on any atom is 0.247 e. The lowest BCUT2D eigenvalue weighted by atomic mass is 9.90. The average molecular weight is 369 g/mol. The smallest absolute Gasteiger partial charge is 0.247 e. The number of benzene rings is 2. The second-order valence-electron chi connectivity index (χ2n) is 5.99. The van der Waals surface area contributed by atoms with Crippen LogP contribution in [0, 0.1) is 0 Å². The number of hydrogen-bond acceptors (Lipinski definition) is 3. The lowest BCUT2D eigenvalue weighted by molar-refractivity contribution is 0.518. The van der Waals surface area contributed by atoms with Crippen molar-refractivity contribution in [1.82, 2.24) is 10.2 Å². The van der Waals surface area contributed by atoms with Crippen LogP contribution in [-0.4, -0.2) is 10.2 Å². The van der Waals surface area contributed by atoms with Crippen LogP contribution in [0.3, 0.4) is 0 Å². The number of halogens is 1. The van der Waals surface area contributed by atoms with Crippen LogP contribution in [0.5, 0.6) is 0 Å². The summed E-state index contributed by atoms with van der Waals surface area (Å²) in [5, 5.41) is 8.36. The molecule has 0 fully saturated rings. The molecule has 23 heavy (non-hydrogen) atoms. The first-order valence-electron chi connectivity index (χ1n) is 7.97. The molecule has 1 heterocycles. The first-order chi connectivity index (χ1) is 11.3. The van der Waals surface area contributed by atoms with Gasteiger partial charge in [0.25, 0.3) is 0 Å². The second kappa shape index (κ2) is 6.28. The highest BCUT2D eigenvalue weighted by atomic mass is 79.9. The summed E-state index contributed by atoms with van der Waals surface area (Å²) in [4.78, 5) is 0. The van der Waals surface area contributed by atoms with Crippen LogP contribution in [0.25, 0.3) is 11.5 Å². The van der Waals surface area contributed by atoms with Crippen molar-refractivity contribution in [3.8, 4) is 11.5 Å². The fourth-order valence-corrected chi connectivity index (χ4v) is 3.37. The van der Waals surface area contributed by atoms with Gasteiger partial charge in [-0.05, 0) is 66.6 Å². The summed E-state index contributed by atoms with van der Waals surface area (Å²) in [5.74, 6) is 1.24.